The Morgan fingerprint density at radius 2 is 2.21 bits per heavy atom. The lowest BCUT2D eigenvalue weighted by Gasteiger charge is -2.34. The van der Waals surface area contributed by atoms with E-state index < -0.39 is 5.97 Å². The molecule has 1 fully saturated rings. The average Bonchev–Trinajstić information content (AvgIpc) is 2.66. The van der Waals surface area contributed by atoms with Crippen LogP contribution in [0.2, 0.25) is 0 Å². The molecule has 1 heterocycles. The predicted molar refractivity (Wildman–Crippen MR) is 73.7 cm³/mol. The van der Waals surface area contributed by atoms with Crippen LogP contribution < -0.4 is 4.90 Å². The highest BCUT2D eigenvalue weighted by Gasteiger charge is 2.33. The predicted octanol–water partition coefficient (Wildman–Crippen LogP) is 3.30. The molecule has 0 aromatic heterocycles. The van der Waals surface area contributed by atoms with E-state index in [4.69, 9.17) is 5.11 Å². The van der Waals surface area contributed by atoms with E-state index in [2.05, 4.69) is 18.7 Å². The van der Waals surface area contributed by atoms with Gasteiger partial charge in [0.1, 0.15) is 5.82 Å². The minimum Gasteiger partial charge on any atom is -0.478 e. The number of rotatable bonds is 3. The number of aliphatic carboxylic acids is 1. The summed E-state index contributed by atoms with van der Waals surface area (Å²) in [6.07, 6.45) is 4.51. The van der Waals surface area contributed by atoms with E-state index in [1.165, 1.54) is 12.1 Å². The topological polar surface area (TPSA) is 40.5 Å². The van der Waals surface area contributed by atoms with Gasteiger partial charge in [0.05, 0.1) is 5.69 Å². The van der Waals surface area contributed by atoms with Crippen molar-refractivity contribution in [3.63, 3.8) is 0 Å². The quantitative estimate of drug-likeness (QED) is 0.851. The Kier molecular flexibility index (Phi) is 3.60. The summed E-state index contributed by atoms with van der Waals surface area (Å²) < 4.78 is 14.1. The van der Waals surface area contributed by atoms with Gasteiger partial charge in [0, 0.05) is 18.2 Å². The third kappa shape index (κ3) is 2.95. The van der Waals surface area contributed by atoms with Crippen LogP contribution in [0, 0.1) is 5.82 Å². The first-order valence-electron chi connectivity index (χ1n) is 6.38. The Morgan fingerprint density at radius 3 is 2.74 bits per heavy atom. The first-order chi connectivity index (χ1) is 8.90. The van der Waals surface area contributed by atoms with Crippen LogP contribution in [0.1, 0.15) is 32.3 Å². The largest absolute Gasteiger partial charge is 0.478 e. The number of halogens is 1. The van der Waals surface area contributed by atoms with Gasteiger partial charge in [-0.2, -0.15) is 0 Å². The molecule has 19 heavy (non-hydrogen) atoms. The maximum Gasteiger partial charge on any atom is 0.328 e. The Bertz CT molecular complexity index is 523. The molecule has 1 aromatic carbocycles. The molecule has 0 amide bonds. The normalized spacial score (nSPS) is 18.2. The maximum absolute atomic E-state index is 14.1. The Hall–Kier alpha value is -1.84. The van der Waals surface area contributed by atoms with E-state index in [0.29, 0.717) is 11.3 Å². The smallest absolute Gasteiger partial charge is 0.328 e. The molecule has 4 heteroatoms. The van der Waals surface area contributed by atoms with Gasteiger partial charge in [-0.3, -0.25) is 0 Å². The number of anilines is 1. The van der Waals surface area contributed by atoms with Gasteiger partial charge in [0.2, 0.25) is 0 Å². The number of carboxylic acids is 1. The van der Waals surface area contributed by atoms with Crippen LogP contribution in [0.4, 0.5) is 10.1 Å². The van der Waals surface area contributed by atoms with Crippen molar-refractivity contribution >= 4 is 17.7 Å². The van der Waals surface area contributed by atoms with Crippen LogP contribution >= 0.6 is 0 Å². The zero-order chi connectivity index (χ0) is 14.0. The van der Waals surface area contributed by atoms with Gasteiger partial charge in [0.15, 0.2) is 0 Å². The van der Waals surface area contributed by atoms with Gasteiger partial charge in [0.25, 0.3) is 0 Å². The van der Waals surface area contributed by atoms with Gasteiger partial charge >= 0.3 is 5.97 Å². The summed E-state index contributed by atoms with van der Waals surface area (Å²) in [5, 5.41) is 8.55. The molecule has 1 aliphatic heterocycles. The first-order valence-corrected chi connectivity index (χ1v) is 6.38. The molecule has 1 aromatic rings. The SMILES string of the molecule is CC1(C)CCCN1c1ccc(C=CC(=O)O)cc1F. The third-order valence-corrected chi connectivity index (χ3v) is 3.58. The minimum atomic E-state index is -1.04. The summed E-state index contributed by atoms with van der Waals surface area (Å²) in [4.78, 5) is 12.5. The van der Waals surface area contributed by atoms with Crippen molar-refractivity contribution in [3.05, 3.63) is 35.7 Å². The lowest BCUT2D eigenvalue weighted by Crippen LogP contribution is -2.38. The molecule has 102 valence electrons. The van der Waals surface area contributed by atoms with Crippen LogP contribution in [0.3, 0.4) is 0 Å². The van der Waals surface area contributed by atoms with Crippen LogP contribution in [0.5, 0.6) is 0 Å². The highest BCUT2D eigenvalue weighted by Crippen LogP contribution is 2.35. The molecule has 2 rings (SSSR count). The zero-order valence-corrected chi connectivity index (χ0v) is 11.2. The van der Waals surface area contributed by atoms with Crippen molar-refractivity contribution in [2.45, 2.75) is 32.2 Å². The van der Waals surface area contributed by atoms with Gasteiger partial charge in [-0.25, -0.2) is 9.18 Å². The molecule has 1 N–H and O–H groups in total. The average molecular weight is 263 g/mol. The molecule has 0 saturated carbocycles. The molecule has 1 aliphatic rings. The standard InChI is InChI=1S/C15H18FNO2/c1-15(2)8-3-9-17(15)13-6-4-11(10-12(13)16)5-7-14(18)19/h4-7,10H,3,8-9H2,1-2H3,(H,18,19). The summed E-state index contributed by atoms with van der Waals surface area (Å²) >= 11 is 0. The summed E-state index contributed by atoms with van der Waals surface area (Å²) in [6, 6.07) is 4.85. The molecule has 3 nitrogen and oxygen atoms in total. The lowest BCUT2D eigenvalue weighted by atomic mass is 10.0. The van der Waals surface area contributed by atoms with Crippen molar-refractivity contribution in [1.29, 1.82) is 0 Å². The van der Waals surface area contributed by atoms with Crippen molar-refractivity contribution in [2.75, 3.05) is 11.4 Å². The summed E-state index contributed by atoms with van der Waals surface area (Å²) in [5.74, 6) is -1.34. The summed E-state index contributed by atoms with van der Waals surface area (Å²) in [5.41, 5.74) is 1.12. The number of nitrogens with zero attached hydrogens (tertiary/aromatic N) is 1. The second-order valence-corrected chi connectivity index (χ2v) is 5.45. The molecular formula is C15H18FNO2. The minimum absolute atomic E-state index is 0.0285. The van der Waals surface area contributed by atoms with Gasteiger partial charge in [-0.1, -0.05) is 6.07 Å². The number of carbonyl (C=O) groups is 1. The van der Waals surface area contributed by atoms with Crippen molar-refractivity contribution in [3.8, 4) is 0 Å². The molecule has 0 aliphatic carbocycles. The molecule has 0 unspecified atom stereocenters. The lowest BCUT2D eigenvalue weighted by molar-refractivity contribution is -0.131. The van der Waals surface area contributed by atoms with E-state index in [-0.39, 0.29) is 11.4 Å². The molecule has 0 bridgehead atoms. The molecule has 0 radical (unpaired) electrons. The summed E-state index contributed by atoms with van der Waals surface area (Å²) in [7, 11) is 0. The van der Waals surface area contributed by atoms with E-state index >= 15 is 0 Å². The first kappa shape index (κ1) is 13.6. The number of carboxylic acid groups (broad SMARTS) is 1. The van der Waals surface area contributed by atoms with E-state index in [1.54, 1.807) is 12.1 Å². The molecule has 1 saturated heterocycles. The fourth-order valence-electron chi connectivity index (χ4n) is 2.57. The number of benzene rings is 1. The van der Waals surface area contributed by atoms with Crippen molar-refractivity contribution < 1.29 is 14.3 Å². The zero-order valence-electron chi connectivity index (χ0n) is 11.2. The second-order valence-electron chi connectivity index (χ2n) is 5.45. The highest BCUT2D eigenvalue weighted by atomic mass is 19.1. The van der Waals surface area contributed by atoms with E-state index in [9.17, 15) is 9.18 Å². The van der Waals surface area contributed by atoms with E-state index in [0.717, 1.165) is 25.5 Å². The maximum atomic E-state index is 14.1. The van der Waals surface area contributed by atoms with E-state index in [1.807, 2.05) is 0 Å². The van der Waals surface area contributed by atoms with Gasteiger partial charge in [-0.05, 0) is 50.5 Å². The Morgan fingerprint density at radius 1 is 1.47 bits per heavy atom. The van der Waals surface area contributed by atoms with Crippen LogP contribution in [0.25, 0.3) is 6.08 Å². The number of hydrogen-bond acceptors (Lipinski definition) is 2. The Labute approximate surface area is 112 Å². The molecule has 0 atom stereocenters. The highest BCUT2D eigenvalue weighted by molar-refractivity contribution is 5.85. The number of hydrogen-bond donors (Lipinski definition) is 1. The van der Waals surface area contributed by atoms with Gasteiger partial charge in [-0.15, -0.1) is 0 Å². The third-order valence-electron chi connectivity index (χ3n) is 3.58. The fourth-order valence-corrected chi connectivity index (χ4v) is 2.57. The van der Waals surface area contributed by atoms with Crippen molar-refractivity contribution in [1.82, 2.24) is 0 Å². The van der Waals surface area contributed by atoms with Gasteiger partial charge < -0.3 is 10.0 Å². The summed E-state index contributed by atoms with van der Waals surface area (Å²) in [6.45, 7) is 5.07. The van der Waals surface area contributed by atoms with Crippen molar-refractivity contribution in [2.24, 2.45) is 0 Å². The van der Waals surface area contributed by atoms with Crippen LogP contribution in [-0.2, 0) is 4.79 Å². The fraction of sp³-hybridized carbons (Fsp3) is 0.400. The van der Waals surface area contributed by atoms with Crippen LogP contribution in [-0.4, -0.2) is 23.2 Å². The molecular weight excluding hydrogens is 245 g/mol. The second kappa shape index (κ2) is 5.03. The monoisotopic (exact) mass is 263 g/mol. The van der Waals surface area contributed by atoms with Crippen LogP contribution in [0.15, 0.2) is 24.3 Å². The molecule has 0 spiro atoms. The Balaban J connectivity index is 2.27.